The Hall–Kier alpha value is -2.34. The molecular formula is C19H21BrN4O. The van der Waals surface area contributed by atoms with Crippen molar-refractivity contribution >= 4 is 38.9 Å². The minimum atomic E-state index is -0.168. The van der Waals surface area contributed by atoms with Crippen LogP contribution in [0.2, 0.25) is 0 Å². The number of carbonyl (C=O) groups is 1. The summed E-state index contributed by atoms with van der Waals surface area (Å²) in [4.78, 5) is 19.5. The van der Waals surface area contributed by atoms with Crippen molar-refractivity contribution in [1.29, 1.82) is 0 Å². The first kappa shape index (κ1) is 17.5. The number of rotatable bonds is 5. The van der Waals surface area contributed by atoms with Crippen LogP contribution >= 0.6 is 15.9 Å². The summed E-state index contributed by atoms with van der Waals surface area (Å²) < 4.78 is 2.70. The fourth-order valence-electron chi connectivity index (χ4n) is 2.94. The molecule has 3 aromatic rings. The van der Waals surface area contributed by atoms with E-state index in [-0.39, 0.29) is 5.91 Å². The molecule has 0 aliphatic rings. The van der Waals surface area contributed by atoms with E-state index >= 15 is 0 Å². The van der Waals surface area contributed by atoms with Gasteiger partial charge < -0.3 is 10.2 Å². The molecule has 2 aromatic heterocycles. The molecule has 0 fully saturated rings. The number of amides is 1. The molecule has 0 atom stereocenters. The van der Waals surface area contributed by atoms with E-state index in [0.717, 1.165) is 34.6 Å². The number of carbonyl (C=O) groups excluding carboxylic acids is 1. The number of aryl methyl sites for hydroxylation is 1. The van der Waals surface area contributed by atoms with Crippen LogP contribution in [0.3, 0.4) is 0 Å². The molecule has 0 saturated carbocycles. The highest BCUT2D eigenvalue weighted by Gasteiger charge is 2.17. The summed E-state index contributed by atoms with van der Waals surface area (Å²) in [6.07, 6.45) is 1.85. The van der Waals surface area contributed by atoms with Gasteiger partial charge in [0.2, 0.25) is 0 Å². The predicted molar refractivity (Wildman–Crippen MR) is 106 cm³/mol. The van der Waals surface area contributed by atoms with E-state index < -0.39 is 0 Å². The lowest BCUT2D eigenvalue weighted by atomic mass is 10.2. The smallest absolute Gasteiger partial charge is 0.274 e. The van der Waals surface area contributed by atoms with Crippen LogP contribution in [-0.2, 0) is 0 Å². The van der Waals surface area contributed by atoms with Crippen LogP contribution in [-0.4, -0.2) is 28.4 Å². The quantitative estimate of drug-likeness (QED) is 0.685. The van der Waals surface area contributed by atoms with Gasteiger partial charge in [-0.25, -0.2) is 4.98 Å². The predicted octanol–water partition coefficient (Wildman–Crippen LogP) is 4.50. The van der Waals surface area contributed by atoms with Crippen LogP contribution in [0.4, 0.5) is 11.4 Å². The Morgan fingerprint density at radius 2 is 1.84 bits per heavy atom. The summed E-state index contributed by atoms with van der Waals surface area (Å²) in [6.45, 7) is 8.02. The first-order valence-corrected chi connectivity index (χ1v) is 9.13. The molecule has 6 heteroatoms. The third-order valence-corrected chi connectivity index (χ3v) is 4.69. The number of fused-ring (bicyclic) bond motifs is 1. The van der Waals surface area contributed by atoms with Crippen molar-refractivity contribution in [3.05, 3.63) is 58.5 Å². The Bertz CT molecular complexity index is 898. The zero-order valence-corrected chi connectivity index (χ0v) is 16.2. The molecule has 25 heavy (non-hydrogen) atoms. The highest BCUT2D eigenvalue weighted by molar-refractivity contribution is 9.10. The molecule has 0 aliphatic carbocycles. The Balaban J connectivity index is 1.85. The van der Waals surface area contributed by atoms with Gasteiger partial charge in [0.25, 0.3) is 5.91 Å². The van der Waals surface area contributed by atoms with Crippen LogP contribution < -0.4 is 10.2 Å². The summed E-state index contributed by atoms with van der Waals surface area (Å²) in [5.74, 6) is -0.168. The normalized spacial score (nSPS) is 10.9. The number of hydrogen-bond acceptors (Lipinski definition) is 3. The second kappa shape index (κ2) is 7.27. The molecule has 2 heterocycles. The Morgan fingerprint density at radius 1 is 1.16 bits per heavy atom. The molecule has 0 unspecified atom stereocenters. The van der Waals surface area contributed by atoms with E-state index in [0.29, 0.717) is 11.4 Å². The van der Waals surface area contributed by atoms with E-state index in [2.05, 4.69) is 45.0 Å². The minimum absolute atomic E-state index is 0.168. The van der Waals surface area contributed by atoms with Crippen molar-refractivity contribution in [2.24, 2.45) is 0 Å². The second-order valence-corrected chi connectivity index (χ2v) is 6.71. The number of benzene rings is 1. The van der Waals surface area contributed by atoms with Gasteiger partial charge in [0.05, 0.1) is 5.69 Å². The average Bonchev–Trinajstić information content (AvgIpc) is 2.92. The number of halogens is 1. The standard InChI is InChI=1S/C19H21BrN4O/c1-4-23(5-2)16-9-7-15(8-10-16)22-19(25)18-13(3)21-17-11-6-14(20)12-24(17)18/h6-12H,4-5H2,1-3H3,(H,22,25). The van der Waals surface area contributed by atoms with Crippen molar-refractivity contribution in [2.45, 2.75) is 20.8 Å². The average molecular weight is 401 g/mol. The highest BCUT2D eigenvalue weighted by atomic mass is 79.9. The number of hydrogen-bond donors (Lipinski definition) is 1. The van der Waals surface area contributed by atoms with Crippen LogP contribution in [0.1, 0.15) is 30.0 Å². The van der Waals surface area contributed by atoms with Crippen molar-refractivity contribution in [2.75, 3.05) is 23.3 Å². The minimum Gasteiger partial charge on any atom is -0.372 e. The largest absolute Gasteiger partial charge is 0.372 e. The van der Waals surface area contributed by atoms with E-state index in [1.807, 2.05) is 49.5 Å². The number of nitrogens with zero attached hydrogens (tertiary/aromatic N) is 3. The van der Waals surface area contributed by atoms with E-state index in [9.17, 15) is 4.79 Å². The molecule has 0 saturated heterocycles. The zero-order valence-electron chi connectivity index (χ0n) is 14.6. The maximum absolute atomic E-state index is 12.8. The third-order valence-electron chi connectivity index (χ3n) is 4.23. The summed E-state index contributed by atoms with van der Waals surface area (Å²) in [7, 11) is 0. The second-order valence-electron chi connectivity index (χ2n) is 5.79. The van der Waals surface area contributed by atoms with Gasteiger partial charge in [-0.3, -0.25) is 9.20 Å². The molecule has 0 aliphatic heterocycles. The van der Waals surface area contributed by atoms with Crippen molar-refractivity contribution in [1.82, 2.24) is 9.38 Å². The molecule has 0 radical (unpaired) electrons. The number of aromatic nitrogens is 2. The third kappa shape index (κ3) is 3.54. The lowest BCUT2D eigenvalue weighted by molar-refractivity contribution is 0.102. The summed E-state index contributed by atoms with van der Waals surface area (Å²) in [6, 6.07) is 11.7. The monoisotopic (exact) mass is 400 g/mol. The lowest BCUT2D eigenvalue weighted by Gasteiger charge is -2.21. The number of anilines is 2. The van der Waals surface area contributed by atoms with Gasteiger partial charge in [-0.05, 0) is 73.1 Å². The Morgan fingerprint density at radius 3 is 2.48 bits per heavy atom. The van der Waals surface area contributed by atoms with Crippen molar-refractivity contribution < 1.29 is 4.79 Å². The lowest BCUT2D eigenvalue weighted by Crippen LogP contribution is -2.21. The van der Waals surface area contributed by atoms with Gasteiger partial charge in [-0.1, -0.05) is 0 Å². The molecule has 0 spiro atoms. The number of nitrogens with one attached hydrogen (secondary N) is 1. The molecule has 1 N–H and O–H groups in total. The van der Waals surface area contributed by atoms with Gasteiger partial charge in [-0.2, -0.15) is 0 Å². The molecule has 3 rings (SSSR count). The van der Waals surface area contributed by atoms with E-state index in [1.165, 1.54) is 0 Å². The van der Waals surface area contributed by atoms with Gasteiger partial charge >= 0.3 is 0 Å². The van der Waals surface area contributed by atoms with Crippen LogP contribution in [0.5, 0.6) is 0 Å². The van der Waals surface area contributed by atoms with Crippen LogP contribution in [0.25, 0.3) is 5.65 Å². The molecule has 5 nitrogen and oxygen atoms in total. The summed E-state index contributed by atoms with van der Waals surface area (Å²) >= 11 is 3.44. The van der Waals surface area contributed by atoms with Crippen LogP contribution in [0, 0.1) is 6.92 Å². The fraction of sp³-hybridized carbons (Fsp3) is 0.263. The fourth-order valence-corrected chi connectivity index (χ4v) is 3.28. The van der Waals surface area contributed by atoms with Gasteiger partial charge in [0.1, 0.15) is 11.3 Å². The number of pyridine rings is 1. The van der Waals surface area contributed by atoms with Gasteiger partial charge in [0.15, 0.2) is 0 Å². The molecule has 0 bridgehead atoms. The zero-order chi connectivity index (χ0) is 18.0. The molecule has 1 amide bonds. The molecular weight excluding hydrogens is 380 g/mol. The molecule has 1 aromatic carbocycles. The Labute approximate surface area is 155 Å². The SMILES string of the molecule is CCN(CC)c1ccc(NC(=O)c2c(C)nc3ccc(Br)cn23)cc1. The van der Waals surface area contributed by atoms with Gasteiger partial charge in [-0.15, -0.1) is 0 Å². The summed E-state index contributed by atoms with van der Waals surface area (Å²) in [5, 5.41) is 2.97. The van der Waals surface area contributed by atoms with Crippen LogP contribution in [0.15, 0.2) is 47.1 Å². The van der Waals surface area contributed by atoms with E-state index in [1.54, 1.807) is 4.40 Å². The first-order chi connectivity index (χ1) is 12.0. The number of imidazole rings is 1. The topological polar surface area (TPSA) is 49.6 Å². The summed E-state index contributed by atoms with van der Waals surface area (Å²) in [5.41, 5.74) is 3.92. The Kier molecular flexibility index (Phi) is 5.08. The highest BCUT2D eigenvalue weighted by Crippen LogP contribution is 2.20. The maximum Gasteiger partial charge on any atom is 0.274 e. The van der Waals surface area contributed by atoms with Crippen molar-refractivity contribution in [3.63, 3.8) is 0 Å². The van der Waals surface area contributed by atoms with Crippen molar-refractivity contribution in [3.8, 4) is 0 Å². The first-order valence-electron chi connectivity index (χ1n) is 8.34. The maximum atomic E-state index is 12.8. The van der Waals surface area contributed by atoms with Gasteiger partial charge in [0, 0.05) is 35.1 Å². The molecule has 130 valence electrons. The van der Waals surface area contributed by atoms with E-state index in [4.69, 9.17) is 0 Å².